The van der Waals surface area contributed by atoms with E-state index in [1.807, 2.05) is 36.4 Å². The molecular formula is C18H24O. The van der Waals surface area contributed by atoms with Crippen molar-refractivity contribution >= 4 is 5.78 Å². The highest BCUT2D eigenvalue weighted by Crippen LogP contribution is 2.11. The van der Waals surface area contributed by atoms with Crippen LogP contribution in [-0.2, 0) is 0 Å². The molecule has 1 nitrogen and oxygen atoms in total. The van der Waals surface area contributed by atoms with Crippen LogP contribution >= 0.6 is 0 Å². The molecule has 0 atom stereocenters. The molecule has 102 valence electrons. The van der Waals surface area contributed by atoms with E-state index in [0.717, 1.165) is 5.56 Å². The lowest BCUT2D eigenvalue weighted by molar-refractivity contribution is 0.101. The van der Waals surface area contributed by atoms with E-state index in [-0.39, 0.29) is 13.2 Å². The summed E-state index contributed by atoms with van der Waals surface area (Å²) in [5, 5.41) is 0. The van der Waals surface area contributed by atoms with Crippen LogP contribution in [0.4, 0.5) is 0 Å². The van der Waals surface area contributed by atoms with Gasteiger partial charge in [-0.1, -0.05) is 81.9 Å². The maximum atomic E-state index is 10.6. The molecule has 0 aliphatic rings. The predicted molar refractivity (Wildman–Crippen MR) is 83.7 cm³/mol. The molecule has 2 rings (SSSR count). The van der Waals surface area contributed by atoms with Gasteiger partial charge in [0.05, 0.1) is 0 Å². The minimum absolute atomic E-state index is 0. The van der Waals surface area contributed by atoms with Crippen molar-refractivity contribution in [3.63, 3.8) is 0 Å². The highest BCUT2D eigenvalue weighted by atomic mass is 16.1. The zero-order valence-corrected chi connectivity index (χ0v) is 11.3. The second-order valence-electron chi connectivity index (χ2n) is 4.49. The van der Waals surface area contributed by atoms with Crippen LogP contribution in [0.2, 0.25) is 0 Å². The SMILES string of the molecule is C.CC(=O)c1ccccc1.CC(C)c1ccccc1. The quantitative estimate of drug-likeness (QED) is 0.663. The molecule has 0 spiro atoms. The lowest BCUT2D eigenvalue weighted by Crippen LogP contribution is -1.88. The van der Waals surface area contributed by atoms with Crippen molar-refractivity contribution < 1.29 is 4.79 Å². The van der Waals surface area contributed by atoms with Crippen molar-refractivity contribution in [2.24, 2.45) is 0 Å². The van der Waals surface area contributed by atoms with Crippen molar-refractivity contribution in [3.05, 3.63) is 71.8 Å². The fourth-order valence-corrected chi connectivity index (χ4v) is 1.51. The smallest absolute Gasteiger partial charge is 0.159 e. The number of carbonyl (C=O) groups excluding carboxylic acids is 1. The molecule has 0 heterocycles. The van der Waals surface area contributed by atoms with Gasteiger partial charge in [0.25, 0.3) is 0 Å². The number of hydrogen-bond donors (Lipinski definition) is 0. The molecule has 0 N–H and O–H groups in total. The summed E-state index contributed by atoms with van der Waals surface area (Å²) < 4.78 is 0. The van der Waals surface area contributed by atoms with Crippen molar-refractivity contribution in [1.82, 2.24) is 0 Å². The lowest BCUT2D eigenvalue weighted by atomic mass is 10.0. The molecule has 0 saturated carbocycles. The van der Waals surface area contributed by atoms with E-state index < -0.39 is 0 Å². The number of ketones is 1. The van der Waals surface area contributed by atoms with E-state index in [2.05, 4.69) is 38.1 Å². The van der Waals surface area contributed by atoms with E-state index in [4.69, 9.17) is 0 Å². The van der Waals surface area contributed by atoms with Gasteiger partial charge in [-0.3, -0.25) is 4.79 Å². The second kappa shape index (κ2) is 9.09. The van der Waals surface area contributed by atoms with Gasteiger partial charge in [0.2, 0.25) is 0 Å². The number of Topliss-reactive ketones (excluding diaryl/α,β-unsaturated/α-hetero) is 1. The maximum Gasteiger partial charge on any atom is 0.159 e. The number of hydrogen-bond acceptors (Lipinski definition) is 1. The minimum Gasteiger partial charge on any atom is -0.295 e. The Morgan fingerprint density at radius 1 is 0.842 bits per heavy atom. The van der Waals surface area contributed by atoms with Crippen LogP contribution in [0.25, 0.3) is 0 Å². The zero-order valence-electron chi connectivity index (χ0n) is 11.3. The number of benzene rings is 2. The molecule has 0 aliphatic heterocycles. The maximum absolute atomic E-state index is 10.6. The Kier molecular flexibility index (Phi) is 8.19. The first-order valence-corrected chi connectivity index (χ1v) is 6.22. The zero-order chi connectivity index (χ0) is 13.4. The average Bonchev–Trinajstić information content (AvgIpc) is 2.41. The Bertz CT molecular complexity index is 458. The Morgan fingerprint density at radius 3 is 1.53 bits per heavy atom. The van der Waals surface area contributed by atoms with Crippen molar-refractivity contribution in [1.29, 1.82) is 0 Å². The van der Waals surface area contributed by atoms with Gasteiger partial charge in [-0.2, -0.15) is 0 Å². The molecule has 2 aromatic rings. The van der Waals surface area contributed by atoms with E-state index in [1.54, 1.807) is 6.92 Å². The highest BCUT2D eigenvalue weighted by Gasteiger charge is 1.93. The van der Waals surface area contributed by atoms with Crippen LogP contribution in [0.1, 0.15) is 50.0 Å². The summed E-state index contributed by atoms with van der Waals surface area (Å²) in [7, 11) is 0. The van der Waals surface area contributed by atoms with Crippen molar-refractivity contribution in [2.45, 2.75) is 34.1 Å². The standard InChI is InChI=1S/C9H12.C8H8O.CH4/c1-8(2)9-6-4-3-5-7-9;1-7(9)8-5-3-2-4-6-8;/h3-8H,1-2H3;2-6H,1H3;1H4. The first-order chi connectivity index (χ1) is 8.61. The van der Waals surface area contributed by atoms with Crippen LogP contribution < -0.4 is 0 Å². The van der Waals surface area contributed by atoms with Gasteiger partial charge in [0.15, 0.2) is 5.78 Å². The molecule has 0 radical (unpaired) electrons. The summed E-state index contributed by atoms with van der Waals surface area (Å²) in [6, 6.07) is 19.7. The Labute approximate surface area is 117 Å². The third kappa shape index (κ3) is 6.56. The largest absolute Gasteiger partial charge is 0.295 e. The molecule has 0 bridgehead atoms. The summed E-state index contributed by atoms with van der Waals surface area (Å²) in [6.07, 6.45) is 0. The molecule has 0 saturated heterocycles. The normalized spacial score (nSPS) is 9.05. The molecular weight excluding hydrogens is 232 g/mol. The van der Waals surface area contributed by atoms with Crippen molar-refractivity contribution in [3.8, 4) is 0 Å². The molecule has 2 aromatic carbocycles. The first kappa shape index (κ1) is 17.1. The second-order valence-corrected chi connectivity index (χ2v) is 4.49. The summed E-state index contributed by atoms with van der Waals surface area (Å²) in [4.78, 5) is 10.6. The van der Waals surface area contributed by atoms with E-state index in [1.165, 1.54) is 5.56 Å². The third-order valence-corrected chi connectivity index (χ3v) is 2.65. The van der Waals surface area contributed by atoms with Gasteiger partial charge in [-0.25, -0.2) is 0 Å². The average molecular weight is 256 g/mol. The van der Waals surface area contributed by atoms with Crippen LogP contribution in [0.5, 0.6) is 0 Å². The van der Waals surface area contributed by atoms with Gasteiger partial charge in [0.1, 0.15) is 0 Å². The van der Waals surface area contributed by atoms with Crippen molar-refractivity contribution in [2.75, 3.05) is 0 Å². The summed E-state index contributed by atoms with van der Waals surface area (Å²) in [5.74, 6) is 0.779. The summed E-state index contributed by atoms with van der Waals surface area (Å²) in [5.41, 5.74) is 2.19. The first-order valence-electron chi connectivity index (χ1n) is 6.22. The van der Waals surface area contributed by atoms with Gasteiger partial charge in [0, 0.05) is 5.56 Å². The summed E-state index contributed by atoms with van der Waals surface area (Å²) >= 11 is 0. The van der Waals surface area contributed by atoms with Gasteiger partial charge in [-0.05, 0) is 18.4 Å². The summed E-state index contributed by atoms with van der Waals surface area (Å²) in [6.45, 7) is 5.97. The molecule has 1 heteroatoms. The van der Waals surface area contributed by atoms with Gasteiger partial charge >= 0.3 is 0 Å². The molecule has 19 heavy (non-hydrogen) atoms. The molecule has 0 amide bonds. The lowest BCUT2D eigenvalue weighted by Gasteiger charge is -2.01. The monoisotopic (exact) mass is 256 g/mol. The topological polar surface area (TPSA) is 17.1 Å². The number of carbonyl (C=O) groups is 1. The van der Waals surface area contributed by atoms with E-state index in [0.29, 0.717) is 5.92 Å². The molecule has 0 fully saturated rings. The van der Waals surface area contributed by atoms with Gasteiger partial charge in [-0.15, -0.1) is 0 Å². The third-order valence-electron chi connectivity index (χ3n) is 2.65. The predicted octanol–water partition coefficient (Wildman–Crippen LogP) is 5.34. The Hall–Kier alpha value is -1.89. The Balaban J connectivity index is 0.000000324. The highest BCUT2D eigenvalue weighted by molar-refractivity contribution is 5.93. The van der Waals surface area contributed by atoms with E-state index in [9.17, 15) is 4.79 Å². The minimum atomic E-state index is 0. The number of rotatable bonds is 2. The van der Waals surface area contributed by atoms with Crippen LogP contribution in [0, 0.1) is 0 Å². The van der Waals surface area contributed by atoms with E-state index >= 15 is 0 Å². The Morgan fingerprint density at radius 2 is 1.26 bits per heavy atom. The fraction of sp³-hybridized carbons (Fsp3) is 0.278. The molecule has 0 unspecified atom stereocenters. The fourth-order valence-electron chi connectivity index (χ4n) is 1.51. The molecule has 0 aliphatic carbocycles. The van der Waals surface area contributed by atoms with Crippen LogP contribution in [0.3, 0.4) is 0 Å². The van der Waals surface area contributed by atoms with Crippen LogP contribution in [0.15, 0.2) is 60.7 Å². The van der Waals surface area contributed by atoms with Gasteiger partial charge < -0.3 is 0 Å². The van der Waals surface area contributed by atoms with Crippen LogP contribution in [-0.4, -0.2) is 5.78 Å². The molecule has 0 aromatic heterocycles.